The number of anilines is 1. The van der Waals surface area contributed by atoms with Gasteiger partial charge in [-0.15, -0.1) is 0 Å². The first-order valence-electron chi connectivity index (χ1n) is 6.98. The van der Waals surface area contributed by atoms with Crippen LogP contribution in [0.4, 0.5) is 19.0 Å². The molecule has 26 heavy (non-hydrogen) atoms. The summed E-state index contributed by atoms with van der Waals surface area (Å²) in [6, 6.07) is 5.38. The van der Waals surface area contributed by atoms with Crippen molar-refractivity contribution < 1.29 is 27.5 Å². The highest BCUT2D eigenvalue weighted by atomic mass is 35.5. The lowest BCUT2D eigenvalue weighted by molar-refractivity contribution is -0.199. The van der Waals surface area contributed by atoms with Crippen LogP contribution < -0.4 is 21.3 Å². The molecule has 1 aromatic heterocycles. The molecular formula is C15H9ClF3N3O4. The number of ether oxygens (including phenoxy) is 1. The van der Waals surface area contributed by atoms with Crippen LogP contribution in [0.15, 0.2) is 35.1 Å². The molecule has 0 saturated heterocycles. The molecule has 0 radical (unpaired) electrons. The number of nitrogens with zero attached hydrogens (tertiary/aromatic N) is 1. The van der Waals surface area contributed by atoms with Crippen molar-refractivity contribution in [1.82, 2.24) is 9.88 Å². The Balaban J connectivity index is 2.01. The Hall–Kier alpha value is -3.01. The van der Waals surface area contributed by atoms with Gasteiger partial charge in [0.25, 0.3) is 23.0 Å². The van der Waals surface area contributed by atoms with Gasteiger partial charge in [-0.25, -0.2) is 4.39 Å². The number of nitrogens with two attached hydrogens (primary N) is 1. The van der Waals surface area contributed by atoms with E-state index in [9.17, 15) is 27.6 Å². The SMILES string of the molecule is Nc1c2c(cc(=O)n1-c1ccc(OC(F)(F)C(F)Cl)cc1)C(=O)NC2=O. The number of nitrogen functional groups attached to an aromatic ring is 1. The Kier molecular flexibility index (Phi) is 4.15. The van der Waals surface area contributed by atoms with Crippen molar-refractivity contribution in [2.45, 2.75) is 11.7 Å². The third kappa shape index (κ3) is 2.88. The number of benzene rings is 1. The molecule has 2 aromatic rings. The van der Waals surface area contributed by atoms with Crippen LogP contribution in [0.5, 0.6) is 5.75 Å². The van der Waals surface area contributed by atoms with Gasteiger partial charge >= 0.3 is 6.11 Å². The number of nitrogens with one attached hydrogen (secondary N) is 1. The number of amides is 2. The summed E-state index contributed by atoms with van der Waals surface area (Å²) in [6.45, 7) is 0. The normalized spacial score (nSPS) is 14.8. The molecule has 2 heterocycles. The number of carbonyl (C=O) groups is 2. The van der Waals surface area contributed by atoms with Crippen molar-refractivity contribution in [2.24, 2.45) is 0 Å². The van der Waals surface area contributed by atoms with Gasteiger partial charge in [0.1, 0.15) is 11.6 Å². The Labute approximate surface area is 148 Å². The maximum absolute atomic E-state index is 13.1. The van der Waals surface area contributed by atoms with Gasteiger partial charge in [0.15, 0.2) is 0 Å². The standard InChI is InChI=1S/C15H9ClF3N3O4/c16-14(17)15(18,19)26-7-3-1-6(2-4-7)22-9(23)5-8-10(11(22)20)13(25)21-12(8)24/h1-5,14H,20H2,(H,21,24,25). The van der Waals surface area contributed by atoms with Gasteiger partial charge in [0, 0.05) is 6.07 Å². The molecule has 136 valence electrons. The molecule has 0 saturated carbocycles. The first-order chi connectivity index (χ1) is 12.1. The van der Waals surface area contributed by atoms with Crippen molar-refractivity contribution in [3.05, 3.63) is 51.8 Å². The largest absolute Gasteiger partial charge is 0.444 e. The highest BCUT2D eigenvalue weighted by Crippen LogP contribution is 2.29. The average molecular weight is 388 g/mol. The molecule has 11 heteroatoms. The number of carbonyl (C=O) groups excluding carboxylic acids is 2. The van der Waals surface area contributed by atoms with Gasteiger partial charge in [0.2, 0.25) is 0 Å². The van der Waals surface area contributed by atoms with E-state index in [-0.39, 0.29) is 22.6 Å². The number of imide groups is 1. The predicted molar refractivity (Wildman–Crippen MR) is 84.6 cm³/mol. The second kappa shape index (κ2) is 6.06. The zero-order chi connectivity index (χ0) is 19.2. The van der Waals surface area contributed by atoms with Gasteiger partial charge in [-0.3, -0.25) is 24.3 Å². The minimum absolute atomic E-state index is 0.112. The van der Waals surface area contributed by atoms with E-state index in [1.807, 2.05) is 5.32 Å². The lowest BCUT2D eigenvalue weighted by atomic mass is 10.1. The van der Waals surface area contributed by atoms with Crippen molar-refractivity contribution >= 4 is 29.2 Å². The van der Waals surface area contributed by atoms with Gasteiger partial charge < -0.3 is 10.5 Å². The average Bonchev–Trinajstić information content (AvgIpc) is 2.82. The van der Waals surface area contributed by atoms with E-state index in [4.69, 9.17) is 17.3 Å². The zero-order valence-corrected chi connectivity index (χ0v) is 13.4. The fourth-order valence-corrected chi connectivity index (χ4v) is 2.46. The van der Waals surface area contributed by atoms with Crippen LogP contribution in [0.25, 0.3) is 5.69 Å². The summed E-state index contributed by atoms with van der Waals surface area (Å²) in [5, 5.41) is 2.01. The topological polar surface area (TPSA) is 103 Å². The smallest absolute Gasteiger partial charge is 0.429 e. The van der Waals surface area contributed by atoms with Gasteiger partial charge in [-0.2, -0.15) is 8.78 Å². The predicted octanol–water partition coefficient (Wildman–Crippen LogP) is 1.81. The van der Waals surface area contributed by atoms with Gasteiger partial charge in [-0.1, -0.05) is 11.6 Å². The third-order valence-corrected chi connectivity index (χ3v) is 3.81. The Morgan fingerprint density at radius 2 is 1.77 bits per heavy atom. The first-order valence-corrected chi connectivity index (χ1v) is 7.42. The molecule has 0 bridgehead atoms. The lowest BCUT2D eigenvalue weighted by Gasteiger charge is -2.18. The molecule has 1 atom stereocenters. The minimum atomic E-state index is -4.25. The van der Waals surface area contributed by atoms with Crippen LogP contribution in [0.2, 0.25) is 0 Å². The zero-order valence-electron chi connectivity index (χ0n) is 12.6. The van der Waals surface area contributed by atoms with Crippen LogP contribution in [0.3, 0.4) is 0 Å². The molecule has 7 nitrogen and oxygen atoms in total. The number of aromatic nitrogens is 1. The number of pyridine rings is 1. The van der Waals surface area contributed by atoms with E-state index < -0.39 is 34.9 Å². The maximum atomic E-state index is 13.1. The molecular weight excluding hydrogens is 379 g/mol. The highest BCUT2D eigenvalue weighted by molar-refractivity contribution is 6.23. The fraction of sp³-hybridized carbons (Fsp3) is 0.133. The van der Waals surface area contributed by atoms with Crippen LogP contribution in [0, 0.1) is 0 Å². The van der Waals surface area contributed by atoms with Crippen LogP contribution in [-0.2, 0) is 0 Å². The monoisotopic (exact) mass is 387 g/mol. The Morgan fingerprint density at radius 3 is 2.35 bits per heavy atom. The van der Waals surface area contributed by atoms with Crippen molar-refractivity contribution in [3.8, 4) is 11.4 Å². The molecule has 1 unspecified atom stereocenters. The number of alkyl halides is 4. The van der Waals surface area contributed by atoms with Crippen LogP contribution in [-0.4, -0.2) is 28.1 Å². The van der Waals surface area contributed by atoms with Crippen molar-refractivity contribution in [3.63, 3.8) is 0 Å². The second-order valence-corrected chi connectivity index (χ2v) is 5.62. The first kappa shape index (κ1) is 17.8. The number of halogens is 4. The van der Waals surface area contributed by atoms with Crippen molar-refractivity contribution in [2.75, 3.05) is 5.73 Å². The van der Waals surface area contributed by atoms with E-state index >= 15 is 0 Å². The van der Waals surface area contributed by atoms with Gasteiger partial charge in [-0.05, 0) is 24.3 Å². The molecule has 0 aliphatic carbocycles. The fourth-order valence-electron chi connectivity index (χ4n) is 2.41. The van der Waals surface area contributed by atoms with Gasteiger partial charge in [0.05, 0.1) is 16.8 Å². The lowest BCUT2D eigenvalue weighted by Crippen LogP contribution is -2.32. The summed E-state index contributed by atoms with van der Waals surface area (Å²) in [6.07, 6.45) is -4.25. The number of hydrogen-bond donors (Lipinski definition) is 2. The molecule has 3 rings (SSSR count). The molecule has 1 aliphatic rings. The molecule has 3 N–H and O–H groups in total. The molecule has 1 aromatic carbocycles. The van der Waals surface area contributed by atoms with E-state index in [1.54, 1.807) is 0 Å². The van der Waals surface area contributed by atoms with E-state index in [2.05, 4.69) is 4.74 Å². The number of hydrogen-bond acceptors (Lipinski definition) is 5. The summed E-state index contributed by atoms with van der Waals surface area (Å²) in [5.41, 5.74) is 1.87. The molecule has 1 aliphatic heterocycles. The molecule has 0 spiro atoms. The van der Waals surface area contributed by atoms with E-state index in [1.165, 1.54) is 12.1 Å². The van der Waals surface area contributed by atoms with Crippen LogP contribution in [0.1, 0.15) is 20.7 Å². The summed E-state index contributed by atoms with van der Waals surface area (Å²) in [4.78, 5) is 35.6. The second-order valence-electron chi connectivity index (χ2n) is 5.23. The maximum Gasteiger partial charge on any atom is 0.444 e. The highest BCUT2D eigenvalue weighted by Gasteiger charge is 2.42. The number of rotatable bonds is 4. The summed E-state index contributed by atoms with van der Waals surface area (Å²) < 4.78 is 43.9. The minimum Gasteiger partial charge on any atom is -0.429 e. The van der Waals surface area contributed by atoms with Crippen molar-refractivity contribution in [1.29, 1.82) is 0 Å². The third-order valence-electron chi connectivity index (χ3n) is 3.56. The Bertz CT molecular complexity index is 973. The molecule has 0 fully saturated rings. The molecule has 2 amide bonds. The quantitative estimate of drug-likeness (QED) is 0.615. The number of fused-ring (bicyclic) bond motifs is 1. The summed E-state index contributed by atoms with van der Waals surface area (Å²) >= 11 is 4.70. The van der Waals surface area contributed by atoms with Crippen LogP contribution >= 0.6 is 11.6 Å². The van der Waals surface area contributed by atoms with E-state index in [0.717, 1.165) is 22.8 Å². The summed E-state index contributed by atoms with van der Waals surface area (Å²) in [7, 11) is 0. The van der Waals surface area contributed by atoms with E-state index in [0.29, 0.717) is 0 Å². The Morgan fingerprint density at radius 1 is 1.15 bits per heavy atom. The summed E-state index contributed by atoms with van der Waals surface area (Å²) in [5.74, 6) is -2.21.